The van der Waals surface area contributed by atoms with Crippen LogP contribution in [0.5, 0.6) is 0 Å². The summed E-state index contributed by atoms with van der Waals surface area (Å²) in [5, 5.41) is 0.644. The molecule has 0 saturated heterocycles. The van der Waals surface area contributed by atoms with E-state index < -0.39 is 0 Å². The minimum atomic E-state index is 0.644. The van der Waals surface area contributed by atoms with Crippen LogP contribution in [-0.4, -0.2) is 12.3 Å². The van der Waals surface area contributed by atoms with Crippen LogP contribution in [0.2, 0.25) is 0 Å². The van der Waals surface area contributed by atoms with Crippen LogP contribution >= 0.6 is 12.6 Å². The van der Waals surface area contributed by atoms with Gasteiger partial charge in [0.2, 0.25) is 0 Å². The molecular weight excluding hydrogens is 130 g/mol. The fourth-order valence-electron chi connectivity index (χ4n) is 0.537. The summed E-state index contributed by atoms with van der Waals surface area (Å²) in [5.74, 6) is 0. The van der Waals surface area contributed by atoms with E-state index in [0.29, 0.717) is 5.25 Å². The van der Waals surface area contributed by atoms with E-state index in [9.17, 15) is 0 Å². The van der Waals surface area contributed by atoms with Crippen molar-refractivity contribution < 1.29 is 0 Å². The number of rotatable bonds is 3. The van der Waals surface area contributed by atoms with Gasteiger partial charge in [-0.1, -0.05) is 20.3 Å². The SMILES string of the molecule is CCCC(S)CC.CN. The molecule has 0 heterocycles. The van der Waals surface area contributed by atoms with Crippen LogP contribution in [-0.2, 0) is 0 Å². The molecule has 2 N–H and O–H groups in total. The smallest absolute Gasteiger partial charge is 0.00140 e. The topological polar surface area (TPSA) is 26.0 Å². The lowest BCUT2D eigenvalue weighted by atomic mass is 10.2. The van der Waals surface area contributed by atoms with E-state index in [4.69, 9.17) is 0 Å². The molecular formula is C7H19NS. The summed E-state index contributed by atoms with van der Waals surface area (Å²) in [6.07, 6.45) is 3.73. The summed E-state index contributed by atoms with van der Waals surface area (Å²) in [5.41, 5.74) is 4.50. The minimum Gasteiger partial charge on any atom is -0.333 e. The summed E-state index contributed by atoms with van der Waals surface area (Å²) in [6.45, 7) is 4.37. The Balaban J connectivity index is 0. The number of thiol groups is 1. The van der Waals surface area contributed by atoms with Crippen LogP contribution < -0.4 is 5.73 Å². The molecule has 1 unspecified atom stereocenters. The normalized spacial score (nSPS) is 11.7. The minimum absolute atomic E-state index is 0.644. The fraction of sp³-hybridized carbons (Fsp3) is 1.00. The predicted molar refractivity (Wildman–Crippen MR) is 48.1 cm³/mol. The summed E-state index contributed by atoms with van der Waals surface area (Å²) in [7, 11) is 1.50. The van der Waals surface area contributed by atoms with Gasteiger partial charge in [-0.25, -0.2) is 0 Å². The third-order valence-electron chi connectivity index (χ3n) is 1.09. The molecule has 1 nitrogen and oxygen atoms in total. The van der Waals surface area contributed by atoms with E-state index in [0.717, 1.165) is 0 Å². The molecule has 0 fully saturated rings. The Morgan fingerprint density at radius 2 is 1.78 bits per heavy atom. The largest absolute Gasteiger partial charge is 0.333 e. The molecule has 0 rings (SSSR count). The van der Waals surface area contributed by atoms with Crippen molar-refractivity contribution >= 4 is 12.6 Å². The Morgan fingerprint density at radius 3 is 1.89 bits per heavy atom. The maximum absolute atomic E-state index is 4.50. The van der Waals surface area contributed by atoms with Crippen molar-refractivity contribution in [1.29, 1.82) is 0 Å². The Hall–Kier alpha value is 0.310. The Morgan fingerprint density at radius 1 is 1.33 bits per heavy atom. The number of nitrogens with two attached hydrogens (primary N) is 1. The first kappa shape index (κ1) is 12.0. The summed E-state index contributed by atoms with van der Waals surface area (Å²) in [4.78, 5) is 0. The highest BCUT2D eigenvalue weighted by atomic mass is 32.1. The van der Waals surface area contributed by atoms with Crippen LogP contribution in [0, 0.1) is 0 Å². The monoisotopic (exact) mass is 149 g/mol. The zero-order valence-corrected chi connectivity index (χ0v) is 7.62. The van der Waals surface area contributed by atoms with E-state index in [1.165, 1.54) is 26.3 Å². The molecule has 0 saturated carbocycles. The van der Waals surface area contributed by atoms with Crippen LogP contribution in [0.4, 0.5) is 0 Å². The van der Waals surface area contributed by atoms with Gasteiger partial charge in [-0.05, 0) is 19.9 Å². The maximum atomic E-state index is 4.50. The number of hydrogen-bond acceptors (Lipinski definition) is 2. The van der Waals surface area contributed by atoms with Crippen molar-refractivity contribution in [3.8, 4) is 0 Å². The molecule has 0 aromatic carbocycles. The van der Waals surface area contributed by atoms with Gasteiger partial charge in [0.1, 0.15) is 0 Å². The second-order valence-electron chi connectivity index (χ2n) is 1.85. The van der Waals surface area contributed by atoms with Crippen molar-refractivity contribution in [3.05, 3.63) is 0 Å². The molecule has 0 bridgehead atoms. The van der Waals surface area contributed by atoms with Gasteiger partial charge in [0.15, 0.2) is 0 Å². The third-order valence-corrected chi connectivity index (χ3v) is 1.72. The quantitative estimate of drug-likeness (QED) is 0.590. The predicted octanol–water partition coefficient (Wildman–Crippen LogP) is 2.07. The van der Waals surface area contributed by atoms with E-state index in [2.05, 4.69) is 32.2 Å². The average molecular weight is 149 g/mol. The van der Waals surface area contributed by atoms with Crippen molar-refractivity contribution in [2.24, 2.45) is 5.73 Å². The second-order valence-corrected chi connectivity index (χ2v) is 2.58. The highest BCUT2D eigenvalue weighted by molar-refractivity contribution is 7.80. The van der Waals surface area contributed by atoms with Crippen LogP contribution in [0.3, 0.4) is 0 Å². The van der Waals surface area contributed by atoms with Crippen molar-refractivity contribution in [2.45, 2.75) is 38.4 Å². The molecule has 0 aromatic heterocycles. The molecule has 0 aromatic rings. The van der Waals surface area contributed by atoms with Gasteiger partial charge in [0.25, 0.3) is 0 Å². The van der Waals surface area contributed by atoms with Crippen LogP contribution in [0.25, 0.3) is 0 Å². The fourth-order valence-corrected chi connectivity index (χ4v) is 0.796. The zero-order valence-electron chi connectivity index (χ0n) is 6.72. The van der Waals surface area contributed by atoms with Crippen LogP contribution in [0.1, 0.15) is 33.1 Å². The molecule has 0 aliphatic carbocycles. The first-order chi connectivity index (χ1) is 4.31. The highest BCUT2D eigenvalue weighted by Crippen LogP contribution is 2.06. The Bertz CT molecular complexity index is 39.9. The standard InChI is InChI=1S/C6H14S.CH5N/c1-3-5-6(7)4-2;1-2/h6-7H,3-5H2,1-2H3;2H2,1H3. The van der Waals surface area contributed by atoms with Gasteiger partial charge >= 0.3 is 0 Å². The van der Waals surface area contributed by atoms with Gasteiger partial charge in [-0.15, -0.1) is 0 Å². The molecule has 1 atom stereocenters. The van der Waals surface area contributed by atoms with E-state index in [1.807, 2.05) is 0 Å². The summed E-state index contributed by atoms with van der Waals surface area (Å²) >= 11 is 4.31. The van der Waals surface area contributed by atoms with E-state index in [1.54, 1.807) is 0 Å². The molecule has 0 radical (unpaired) electrons. The van der Waals surface area contributed by atoms with Gasteiger partial charge in [-0.2, -0.15) is 12.6 Å². The van der Waals surface area contributed by atoms with Crippen molar-refractivity contribution in [3.63, 3.8) is 0 Å². The van der Waals surface area contributed by atoms with Crippen LogP contribution in [0.15, 0.2) is 0 Å². The maximum Gasteiger partial charge on any atom is 0.00140 e. The van der Waals surface area contributed by atoms with Gasteiger partial charge in [0, 0.05) is 5.25 Å². The Labute approximate surface area is 64.4 Å². The molecule has 58 valence electrons. The second kappa shape index (κ2) is 11.2. The molecule has 0 aliphatic heterocycles. The highest BCUT2D eigenvalue weighted by Gasteiger charge is 1.93. The summed E-state index contributed by atoms with van der Waals surface area (Å²) < 4.78 is 0. The zero-order chi connectivity index (χ0) is 7.70. The van der Waals surface area contributed by atoms with E-state index in [-0.39, 0.29) is 0 Å². The molecule has 0 amide bonds. The first-order valence-corrected chi connectivity index (χ1v) is 4.08. The first-order valence-electron chi connectivity index (χ1n) is 3.57. The lowest BCUT2D eigenvalue weighted by molar-refractivity contribution is 0.724. The molecule has 2 heteroatoms. The average Bonchev–Trinajstić information content (AvgIpc) is 1.93. The Kier molecular flexibility index (Phi) is 14.9. The van der Waals surface area contributed by atoms with Gasteiger partial charge < -0.3 is 5.73 Å². The van der Waals surface area contributed by atoms with E-state index >= 15 is 0 Å². The van der Waals surface area contributed by atoms with Crippen molar-refractivity contribution in [2.75, 3.05) is 7.05 Å². The van der Waals surface area contributed by atoms with Crippen molar-refractivity contribution in [1.82, 2.24) is 0 Å². The molecule has 0 aliphatic rings. The third kappa shape index (κ3) is 11.7. The summed E-state index contributed by atoms with van der Waals surface area (Å²) in [6, 6.07) is 0. The van der Waals surface area contributed by atoms with Gasteiger partial charge in [0.05, 0.1) is 0 Å². The molecule has 9 heavy (non-hydrogen) atoms. The molecule has 0 spiro atoms. The lowest BCUT2D eigenvalue weighted by Crippen LogP contribution is -1.92. The lowest BCUT2D eigenvalue weighted by Gasteiger charge is -2.01. The number of hydrogen-bond donors (Lipinski definition) is 2. The van der Waals surface area contributed by atoms with Gasteiger partial charge in [-0.3, -0.25) is 0 Å².